The molecule has 0 spiro atoms. The summed E-state index contributed by atoms with van der Waals surface area (Å²) in [6, 6.07) is 31.2. The number of carbonyl (C=O) groups excluding carboxylic acids is 1. The molecule has 0 amide bonds. The van der Waals surface area contributed by atoms with Gasteiger partial charge in [-0.15, -0.1) is 0 Å². The molecule has 38 heavy (non-hydrogen) atoms. The minimum absolute atomic E-state index is 0.100. The fraction of sp³-hybridized carbons (Fsp3) is 0. The Hall–Kier alpha value is -4.88. The third-order valence-electron chi connectivity index (χ3n) is 7.01. The van der Waals surface area contributed by atoms with Crippen LogP contribution < -0.4 is 0 Å². The monoisotopic (exact) mass is 516 g/mol. The summed E-state index contributed by atoms with van der Waals surface area (Å²) in [5.41, 5.74) is 2.74. The molecule has 0 aliphatic carbocycles. The average molecular weight is 517 g/mol. The van der Waals surface area contributed by atoms with E-state index in [1.807, 2.05) is 24.3 Å². The molecule has 7 aromatic rings. The lowest BCUT2D eigenvalue weighted by atomic mass is 9.97. The van der Waals surface area contributed by atoms with Crippen molar-refractivity contribution in [2.24, 2.45) is 0 Å². The first kappa shape index (κ1) is 22.3. The first-order chi connectivity index (χ1) is 18.4. The predicted molar refractivity (Wildman–Crippen MR) is 149 cm³/mol. The number of rotatable bonds is 4. The predicted octanol–water partition coefficient (Wildman–Crippen LogP) is 6.60. The van der Waals surface area contributed by atoms with Crippen LogP contribution in [0.25, 0.3) is 43.6 Å². The lowest BCUT2D eigenvalue weighted by Gasteiger charge is -2.13. The topological polar surface area (TPSA) is 92.2 Å². The third-order valence-corrected chi connectivity index (χ3v) is 8.74. The number of fused-ring (bicyclic) bond motifs is 6. The summed E-state index contributed by atoms with van der Waals surface area (Å²) in [6.45, 7) is 0. The van der Waals surface area contributed by atoms with Gasteiger partial charge in [0, 0.05) is 32.6 Å². The fourth-order valence-electron chi connectivity index (χ4n) is 5.33. The first-order valence-corrected chi connectivity index (χ1v) is 13.5. The second kappa shape index (κ2) is 8.06. The quantitative estimate of drug-likeness (QED) is 0.258. The largest absolute Gasteiger partial charge is 0.508 e. The Morgan fingerprint density at radius 1 is 0.711 bits per heavy atom. The molecule has 0 aliphatic heterocycles. The molecule has 0 fully saturated rings. The van der Waals surface area contributed by atoms with Crippen LogP contribution in [0.15, 0.2) is 114 Å². The number of H-pyrrole nitrogens is 1. The molecule has 7 rings (SSSR count). The molecule has 0 saturated carbocycles. The maximum Gasteiger partial charge on any atom is 0.268 e. The Morgan fingerprint density at radius 2 is 1.39 bits per heavy atom. The van der Waals surface area contributed by atoms with Crippen molar-refractivity contribution in [1.82, 2.24) is 8.96 Å². The summed E-state index contributed by atoms with van der Waals surface area (Å²) in [5.74, 6) is -0.201. The van der Waals surface area contributed by atoms with E-state index in [0.717, 1.165) is 16.3 Å². The summed E-state index contributed by atoms with van der Waals surface area (Å²) in [6.07, 6.45) is 0. The Kier molecular flexibility index (Phi) is 4.74. The van der Waals surface area contributed by atoms with Gasteiger partial charge in [-0.25, -0.2) is 12.4 Å². The van der Waals surface area contributed by atoms with Crippen LogP contribution in [0.2, 0.25) is 0 Å². The molecule has 0 unspecified atom stereocenters. The van der Waals surface area contributed by atoms with Crippen molar-refractivity contribution < 1.29 is 18.3 Å². The smallest absolute Gasteiger partial charge is 0.268 e. The van der Waals surface area contributed by atoms with Crippen molar-refractivity contribution in [2.75, 3.05) is 0 Å². The van der Waals surface area contributed by atoms with Crippen molar-refractivity contribution in [3.8, 4) is 5.75 Å². The number of benzene rings is 5. The van der Waals surface area contributed by atoms with Crippen molar-refractivity contribution in [3.05, 3.63) is 120 Å². The van der Waals surface area contributed by atoms with Crippen LogP contribution in [0.3, 0.4) is 0 Å². The van der Waals surface area contributed by atoms with E-state index in [-0.39, 0.29) is 22.0 Å². The normalized spacial score (nSPS) is 12.1. The van der Waals surface area contributed by atoms with Crippen LogP contribution in [-0.4, -0.2) is 28.3 Å². The van der Waals surface area contributed by atoms with E-state index >= 15 is 0 Å². The number of nitrogens with zero attached hydrogens (tertiary/aromatic N) is 1. The van der Waals surface area contributed by atoms with Crippen molar-refractivity contribution in [1.29, 1.82) is 0 Å². The molecule has 0 radical (unpaired) electrons. The van der Waals surface area contributed by atoms with E-state index in [1.54, 1.807) is 84.9 Å². The minimum atomic E-state index is -4.08. The van der Waals surface area contributed by atoms with Gasteiger partial charge >= 0.3 is 0 Å². The zero-order chi connectivity index (χ0) is 26.0. The van der Waals surface area contributed by atoms with E-state index in [4.69, 9.17) is 0 Å². The molecule has 0 bridgehead atoms. The van der Waals surface area contributed by atoms with Gasteiger partial charge in [0.25, 0.3) is 10.0 Å². The number of aromatic hydroxyl groups is 1. The fourth-order valence-corrected chi connectivity index (χ4v) is 6.89. The molecule has 7 heteroatoms. The Morgan fingerprint density at radius 3 is 2.16 bits per heavy atom. The lowest BCUT2D eigenvalue weighted by molar-refractivity contribution is 0.104. The van der Waals surface area contributed by atoms with E-state index in [0.29, 0.717) is 32.9 Å². The van der Waals surface area contributed by atoms with Crippen LogP contribution in [0.4, 0.5) is 0 Å². The van der Waals surface area contributed by atoms with Gasteiger partial charge in [-0.2, -0.15) is 0 Å². The van der Waals surface area contributed by atoms with Gasteiger partial charge in [0.05, 0.1) is 27.0 Å². The number of phenolic OH excluding ortho intramolecular Hbond substituents is 1. The number of hydrogen-bond acceptors (Lipinski definition) is 4. The van der Waals surface area contributed by atoms with Crippen LogP contribution in [0.1, 0.15) is 15.9 Å². The maximum atomic E-state index is 14.2. The standard InChI is InChI=1S/C31H20N2O4S/c34-20-15-16-26-23(17-20)24-18-25-22-13-7-8-14-27(22)33(38(36,37)21-11-5-2-6-12-21)30(25)28(29(24)32-26)31(35)19-9-3-1-4-10-19/h1-18,32,34H. The molecule has 6 nitrogen and oxygen atoms in total. The molecule has 0 saturated heterocycles. The Balaban J connectivity index is 1.74. The van der Waals surface area contributed by atoms with Gasteiger partial charge in [-0.05, 0) is 42.5 Å². The number of phenols is 1. The maximum absolute atomic E-state index is 14.2. The van der Waals surface area contributed by atoms with Crippen LogP contribution in [0, 0.1) is 0 Å². The highest BCUT2D eigenvalue weighted by molar-refractivity contribution is 7.90. The van der Waals surface area contributed by atoms with Gasteiger partial charge in [0.15, 0.2) is 5.78 Å². The summed E-state index contributed by atoms with van der Waals surface area (Å²) in [7, 11) is -4.08. The number of aromatic nitrogens is 2. The molecule has 184 valence electrons. The van der Waals surface area contributed by atoms with Gasteiger partial charge in [0.2, 0.25) is 0 Å². The van der Waals surface area contributed by atoms with Crippen LogP contribution in [-0.2, 0) is 10.0 Å². The number of aromatic amines is 1. The first-order valence-electron chi connectivity index (χ1n) is 12.1. The Labute approximate surface area is 217 Å². The Bertz CT molecular complexity index is 2160. The number of carbonyl (C=O) groups is 1. The number of para-hydroxylation sites is 1. The highest BCUT2D eigenvalue weighted by atomic mass is 32.2. The van der Waals surface area contributed by atoms with E-state index in [9.17, 15) is 18.3 Å². The average Bonchev–Trinajstić information content (AvgIpc) is 3.48. The summed E-state index contributed by atoms with van der Waals surface area (Å²) >= 11 is 0. The van der Waals surface area contributed by atoms with Crippen molar-refractivity contribution in [2.45, 2.75) is 4.90 Å². The second-order valence-electron chi connectivity index (χ2n) is 9.22. The van der Waals surface area contributed by atoms with E-state index in [1.165, 1.54) is 3.97 Å². The van der Waals surface area contributed by atoms with Crippen molar-refractivity contribution >= 4 is 59.4 Å². The van der Waals surface area contributed by atoms with Crippen molar-refractivity contribution in [3.63, 3.8) is 0 Å². The molecular formula is C31H20N2O4S. The molecular weight excluding hydrogens is 496 g/mol. The highest BCUT2D eigenvalue weighted by Gasteiger charge is 2.29. The SMILES string of the molecule is O=C(c1ccccc1)c1c2[nH]c3ccc(O)cc3c2cc2c3ccccc3n(S(=O)(=O)c3ccccc3)c12. The molecule has 5 aromatic carbocycles. The minimum Gasteiger partial charge on any atom is -0.508 e. The van der Waals surface area contributed by atoms with Gasteiger partial charge in [-0.3, -0.25) is 4.79 Å². The summed E-state index contributed by atoms with van der Waals surface area (Å²) in [4.78, 5) is 17.7. The lowest BCUT2D eigenvalue weighted by Crippen LogP contribution is -2.15. The number of nitrogens with one attached hydrogen (secondary N) is 1. The third kappa shape index (κ3) is 3.12. The van der Waals surface area contributed by atoms with E-state index < -0.39 is 10.0 Å². The molecule has 0 atom stereocenters. The molecule has 2 aromatic heterocycles. The number of ketones is 1. The number of hydrogen-bond donors (Lipinski definition) is 2. The highest BCUT2D eigenvalue weighted by Crippen LogP contribution is 2.41. The van der Waals surface area contributed by atoms with Gasteiger partial charge in [-0.1, -0.05) is 66.7 Å². The summed E-state index contributed by atoms with van der Waals surface area (Å²) < 4.78 is 29.7. The van der Waals surface area contributed by atoms with Crippen LogP contribution >= 0.6 is 0 Å². The second-order valence-corrected chi connectivity index (χ2v) is 11.0. The molecule has 0 aliphatic rings. The van der Waals surface area contributed by atoms with Gasteiger partial charge in [0.1, 0.15) is 5.75 Å². The van der Waals surface area contributed by atoms with E-state index in [2.05, 4.69) is 4.98 Å². The molecule has 2 heterocycles. The van der Waals surface area contributed by atoms with Crippen LogP contribution in [0.5, 0.6) is 5.75 Å². The molecule has 2 N–H and O–H groups in total. The zero-order valence-electron chi connectivity index (χ0n) is 19.9. The zero-order valence-corrected chi connectivity index (χ0v) is 20.7. The summed E-state index contributed by atoms with van der Waals surface area (Å²) in [5, 5.41) is 13.0. The van der Waals surface area contributed by atoms with Gasteiger partial charge < -0.3 is 10.1 Å².